The van der Waals surface area contributed by atoms with Gasteiger partial charge in [-0.3, -0.25) is 4.79 Å². The zero-order valence-corrected chi connectivity index (χ0v) is 13.1. The maximum absolute atomic E-state index is 11.8. The van der Waals surface area contributed by atoms with E-state index in [9.17, 15) is 4.79 Å². The van der Waals surface area contributed by atoms with Crippen molar-refractivity contribution in [3.05, 3.63) is 23.8 Å². The first-order valence-electron chi connectivity index (χ1n) is 7.65. The molecule has 0 fully saturated rings. The molecule has 1 aromatic carbocycles. The van der Waals surface area contributed by atoms with Gasteiger partial charge in [-0.1, -0.05) is 13.8 Å². The molecule has 1 aliphatic heterocycles. The minimum Gasteiger partial charge on any atom is -0.385 e. The Hall–Kier alpha value is -1.51. The second-order valence-electron chi connectivity index (χ2n) is 6.23. The summed E-state index contributed by atoms with van der Waals surface area (Å²) in [7, 11) is 0. The van der Waals surface area contributed by atoms with Crippen molar-refractivity contribution in [3.63, 3.8) is 0 Å². The van der Waals surface area contributed by atoms with Crippen molar-refractivity contribution in [2.24, 2.45) is 5.92 Å². The van der Waals surface area contributed by atoms with Crippen LogP contribution in [-0.2, 0) is 11.2 Å². The summed E-state index contributed by atoms with van der Waals surface area (Å²) in [4.78, 5) is 13.7. The van der Waals surface area contributed by atoms with Crippen molar-refractivity contribution >= 4 is 17.3 Å². The molecule has 2 rings (SSSR count). The second kappa shape index (κ2) is 6.29. The predicted octanol–water partition coefficient (Wildman–Crippen LogP) is 3.83. The maximum atomic E-state index is 11.8. The number of anilines is 2. The summed E-state index contributed by atoms with van der Waals surface area (Å²) in [6.07, 6.45) is 3.27. The standard InChI is InChI=1S/C17H26N2O/c1-12(2)9-10-18-16-7-8-17-15(11-16)6-5-13(3)19(17)14(4)20/h7-8,11-13,18H,5-6,9-10H2,1-4H3/t13-/m0/s1. The van der Waals surface area contributed by atoms with Gasteiger partial charge in [-0.25, -0.2) is 0 Å². The van der Waals surface area contributed by atoms with Crippen LogP contribution >= 0.6 is 0 Å². The van der Waals surface area contributed by atoms with Crippen LogP contribution in [-0.4, -0.2) is 18.5 Å². The average Bonchev–Trinajstić information content (AvgIpc) is 2.37. The van der Waals surface area contributed by atoms with Crippen molar-refractivity contribution in [2.75, 3.05) is 16.8 Å². The maximum Gasteiger partial charge on any atom is 0.224 e. The van der Waals surface area contributed by atoms with E-state index < -0.39 is 0 Å². The Labute approximate surface area is 122 Å². The van der Waals surface area contributed by atoms with E-state index in [1.807, 2.05) is 4.90 Å². The van der Waals surface area contributed by atoms with Crippen molar-refractivity contribution < 1.29 is 4.79 Å². The van der Waals surface area contributed by atoms with Gasteiger partial charge in [0.1, 0.15) is 0 Å². The van der Waals surface area contributed by atoms with E-state index in [0.717, 1.165) is 25.1 Å². The molecule has 0 spiro atoms. The summed E-state index contributed by atoms with van der Waals surface area (Å²) in [5.41, 5.74) is 3.54. The lowest BCUT2D eigenvalue weighted by atomic mass is 9.96. The third-order valence-corrected chi connectivity index (χ3v) is 4.00. The van der Waals surface area contributed by atoms with E-state index >= 15 is 0 Å². The molecule has 1 aliphatic rings. The highest BCUT2D eigenvalue weighted by Crippen LogP contribution is 2.32. The van der Waals surface area contributed by atoms with Gasteiger partial charge in [0.05, 0.1) is 0 Å². The topological polar surface area (TPSA) is 32.3 Å². The van der Waals surface area contributed by atoms with E-state index in [1.54, 1.807) is 6.92 Å². The molecule has 0 bridgehead atoms. The Kier molecular flexibility index (Phi) is 4.69. The van der Waals surface area contributed by atoms with Crippen LogP contribution in [0.4, 0.5) is 11.4 Å². The van der Waals surface area contributed by atoms with Gasteiger partial charge < -0.3 is 10.2 Å². The van der Waals surface area contributed by atoms with Gasteiger partial charge in [0.25, 0.3) is 0 Å². The summed E-state index contributed by atoms with van der Waals surface area (Å²) in [5.74, 6) is 0.855. The van der Waals surface area contributed by atoms with Crippen LogP contribution in [0.15, 0.2) is 18.2 Å². The van der Waals surface area contributed by atoms with Crippen LogP contribution in [0.5, 0.6) is 0 Å². The number of nitrogens with one attached hydrogen (secondary N) is 1. The number of hydrogen-bond acceptors (Lipinski definition) is 2. The summed E-state index contributed by atoms with van der Waals surface area (Å²) >= 11 is 0. The normalized spacial score (nSPS) is 18.1. The number of benzene rings is 1. The van der Waals surface area contributed by atoms with Gasteiger partial charge in [-0.05, 0) is 55.9 Å². The zero-order chi connectivity index (χ0) is 14.7. The minimum atomic E-state index is 0.138. The third-order valence-electron chi connectivity index (χ3n) is 4.00. The monoisotopic (exact) mass is 274 g/mol. The Balaban J connectivity index is 2.13. The van der Waals surface area contributed by atoms with Crippen LogP contribution < -0.4 is 10.2 Å². The Bertz CT molecular complexity index is 482. The molecular formula is C17H26N2O. The van der Waals surface area contributed by atoms with E-state index in [1.165, 1.54) is 17.7 Å². The van der Waals surface area contributed by atoms with Crippen molar-refractivity contribution in [2.45, 2.75) is 53.0 Å². The quantitative estimate of drug-likeness (QED) is 0.905. The number of carbonyl (C=O) groups is 1. The summed E-state index contributed by atoms with van der Waals surface area (Å²) in [5, 5.41) is 3.48. The summed E-state index contributed by atoms with van der Waals surface area (Å²) in [6, 6.07) is 6.69. The van der Waals surface area contributed by atoms with Crippen LogP contribution in [0.3, 0.4) is 0 Å². The van der Waals surface area contributed by atoms with Crippen LogP contribution in [0, 0.1) is 5.92 Å². The number of hydrogen-bond donors (Lipinski definition) is 1. The highest BCUT2D eigenvalue weighted by atomic mass is 16.2. The molecule has 0 unspecified atom stereocenters. The molecule has 20 heavy (non-hydrogen) atoms. The molecule has 1 amide bonds. The Morgan fingerprint density at radius 1 is 1.45 bits per heavy atom. The number of carbonyl (C=O) groups excluding carboxylic acids is 1. The lowest BCUT2D eigenvalue weighted by Crippen LogP contribution is -2.40. The van der Waals surface area contributed by atoms with E-state index in [0.29, 0.717) is 12.0 Å². The molecule has 0 saturated heterocycles. The molecular weight excluding hydrogens is 248 g/mol. The summed E-state index contributed by atoms with van der Waals surface area (Å²) < 4.78 is 0. The first kappa shape index (κ1) is 14.9. The van der Waals surface area contributed by atoms with E-state index in [4.69, 9.17) is 0 Å². The SMILES string of the molecule is CC(=O)N1c2ccc(NCCC(C)C)cc2CC[C@@H]1C. The molecule has 1 atom stereocenters. The summed E-state index contributed by atoms with van der Waals surface area (Å²) in [6.45, 7) is 9.25. The molecule has 1 heterocycles. The molecule has 110 valence electrons. The Morgan fingerprint density at radius 3 is 2.85 bits per heavy atom. The number of nitrogens with zero attached hydrogens (tertiary/aromatic N) is 1. The van der Waals surface area contributed by atoms with Gasteiger partial charge in [0.2, 0.25) is 5.91 Å². The van der Waals surface area contributed by atoms with Crippen molar-refractivity contribution in [3.8, 4) is 0 Å². The lowest BCUT2D eigenvalue weighted by Gasteiger charge is -2.34. The zero-order valence-electron chi connectivity index (χ0n) is 13.1. The van der Waals surface area contributed by atoms with Gasteiger partial charge in [-0.15, -0.1) is 0 Å². The largest absolute Gasteiger partial charge is 0.385 e. The van der Waals surface area contributed by atoms with Gasteiger partial charge in [0, 0.05) is 30.9 Å². The molecule has 1 aromatic rings. The van der Waals surface area contributed by atoms with Gasteiger partial charge in [0.15, 0.2) is 0 Å². The molecule has 0 aromatic heterocycles. The molecule has 0 aliphatic carbocycles. The second-order valence-corrected chi connectivity index (χ2v) is 6.23. The number of fused-ring (bicyclic) bond motifs is 1. The molecule has 0 radical (unpaired) electrons. The fourth-order valence-corrected chi connectivity index (χ4v) is 2.85. The highest BCUT2D eigenvalue weighted by molar-refractivity contribution is 5.93. The average molecular weight is 274 g/mol. The predicted molar refractivity (Wildman–Crippen MR) is 85.3 cm³/mol. The van der Waals surface area contributed by atoms with E-state index in [-0.39, 0.29) is 5.91 Å². The fraction of sp³-hybridized carbons (Fsp3) is 0.588. The molecule has 3 nitrogen and oxygen atoms in total. The van der Waals surface area contributed by atoms with Crippen molar-refractivity contribution in [1.82, 2.24) is 0 Å². The molecule has 3 heteroatoms. The molecule has 0 saturated carbocycles. The smallest absolute Gasteiger partial charge is 0.224 e. The molecule has 1 N–H and O–H groups in total. The first-order chi connectivity index (χ1) is 9.49. The van der Waals surface area contributed by atoms with Crippen LogP contribution in [0.2, 0.25) is 0 Å². The minimum absolute atomic E-state index is 0.138. The van der Waals surface area contributed by atoms with Crippen LogP contribution in [0.1, 0.15) is 46.1 Å². The number of amides is 1. The van der Waals surface area contributed by atoms with Gasteiger partial charge >= 0.3 is 0 Å². The number of rotatable bonds is 4. The first-order valence-corrected chi connectivity index (χ1v) is 7.65. The highest BCUT2D eigenvalue weighted by Gasteiger charge is 2.25. The third kappa shape index (κ3) is 3.33. The van der Waals surface area contributed by atoms with Crippen molar-refractivity contribution in [1.29, 1.82) is 0 Å². The lowest BCUT2D eigenvalue weighted by molar-refractivity contribution is -0.117. The van der Waals surface area contributed by atoms with E-state index in [2.05, 4.69) is 44.3 Å². The number of aryl methyl sites for hydroxylation is 1. The van der Waals surface area contributed by atoms with Crippen LogP contribution in [0.25, 0.3) is 0 Å². The Morgan fingerprint density at radius 2 is 2.20 bits per heavy atom. The van der Waals surface area contributed by atoms with Gasteiger partial charge in [-0.2, -0.15) is 0 Å². The fourth-order valence-electron chi connectivity index (χ4n) is 2.85.